The van der Waals surface area contributed by atoms with Crippen LogP contribution in [0, 0.1) is 12.3 Å². The van der Waals surface area contributed by atoms with E-state index in [4.69, 9.17) is 15.9 Å². The van der Waals surface area contributed by atoms with Crippen molar-refractivity contribution >= 4 is 11.6 Å². The minimum Gasteiger partial charge on any atom is -0.461 e. The highest BCUT2D eigenvalue weighted by atomic mass is 16.5. The van der Waals surface area contributed by atoms with E-state index >= 15 is 0 Å². The second kappa shape index (κ2) is 8.19. The van der Waals surface area contributed by atoms with Gasteiger partial charge in [-0.3, -0.25) is 4.79 Å². The number of nitrogens with one attached hydrogen (secondary N) is 1. The van der Waals surface area contributed by atoms with Crippen LogP contribution in [0.25, 0.3) is 0 Å². The number of aromatic nitrogens is 2. The van der Waals surface area contributed by atoms with Crippen LogP contribution in [0.5, 0.6) is 6.01 Å². The number of amides is 1. The maximum atomic E-state index is 11.9. The lowest BCUT2D eigenvalue weighted by Crippen LogP contribution is -2.18. The van der Waals surface area contributed by atoms with Crippen LogP contribution in [-0.4, -0.2) is 41.9 Å². The van der Waals surface area contributed by atoms with Gasteiger partial charge < -0.3 is 14.8 Å². The fourth-order valence-corrected chi connectivity index (χ4v) is 1.88. The molecule has 1 aromatic heterocycles. The van der Waals surface area contributed by atoms with Gasteiger partial charge in [0, 0.05) is 32.8 Å². The molecule has 1 N–H and O–H groups in total. The van der Waals surface area contributed by atoms with Crippen LogP contribution in [-0.2, 0) is 9.53 Å². The second-order valence-electron chi connectivity index (χ2n) is 5.03. The Kier molecular flexibility index (Phi) is 6.00. The minimum atomic E-state index is -0.445. The molecule has 0 atom stereocenters. The number of hydrogen-bond donors (Lipinski definition) is 1. The lowest BCUT2D eigenvalue weighted by Gasteiger charge is -2.09. The Balaban J connectivity index is 1.72. The van der Waals surface area contributed by atoms with Gasteiger partial charge >= 0.3 is 6.01 Å². The molecule has 1 aliphatic heterocycles. The summed E-state index contributed by atoms with van der Waals surface area (Å²) in [5.41, 5.74) is 0.0654. The molecule has 1 amide bonds. The van der Waals surface area contributed by atoms with Crippen LogP contribution in [0.4, 0.5) is 5.69 Å². The molecule has 0 fully saturated rings. The molecule has 8 nitrogen and oxygen atoms in total. The number of hydrogen-bond acceptors (Lipinski definition) is 7. The first-order valence-electron chi connectivity index (χ1n) is 7.28. The maximum absolute atomic E-state index is 11.9. The molecular formula is C15H19N5O3. The average molecular weight is 317 g/mol. The van der Waals surface area contributed by atoms with Gasteiger partial charge in [0.2, 0.25) is 5.91 Å². The monoisotopic (exact) mass is 317 g/mol. The summed E-state index contributed by atoms with van der Waals surface area (Å²) in [5.74, 6) is 2.42. The summed E-state index contributed by atoms with van der Waals surface area (Å²) in [7, 11) is 1.59. The van der Waals surface area contributed by atoms with E-state index in [9.17, 15) is 4.79 Å². The zero-order valence-corrected chi connectivity index (χ0v) is 13.0. The number of methoxy groups -OCH3 is 1. The van der Waals surface area contributed by atoms with Gasteiger partial charge in [-0.15, -0.1) is 12.3 Å². The fourth-order valence-electron chi connectivity index (χ4n) is 1.88. The highest BCUT2D eigenvalue weighted by Crippen LogP contribution is 2.37. The number of rotatable bonds is 10. The van der Waals surface area contributed by atoms with Crippen molar-refractivity contribution in [3.05, 3.63) is 12.4 Å². The number of carbonyl (C=O) groups is 1. The van der Waals surface area contributed by atoms with Gasteiger partial charge in [0.05, 0.1) is 24.7 Å². The molecule has 0 spiro atoms. The molecule has 0 unspecified atom stereocenters. The summed E-state index contributed by atoms with van der Waals surface area (Å²) in [6.07, 6.45) is 10.4. The number of ether oxygens (including phenoxy) is 2. The van der Waals surface area contributed by atoms with Gasteiger partial charge in [0.1, 0.15) is 6.61 Å². The number of nitrogens with zero attached hydrogens (tertiary/aromatic N) is 4. The predicted molar refractivity (Wildman–Crippen MR) is 82.9 cm³/mol. The van der Waals surface area contributed by atoms with Gasteiger partial charge in [-0.1, -0.05) is 0 Å². The molecule has 0 aliphatic carbocycles. The second-order valence-corrected chi connectivity index (χ2v) is 5.03. The van der Waals surface area contributed by atoms with Crippen molar-refractivity contribution in [2.75, 3.05) is 25.6 Å². The Morgan fingerprint density at radius 3 is 2.65 bits per heavy atom. The van der Waals surface area contributed by atoms with E-state index in [2.05, 4.69) is 31.4 Å². The summed E-state index contributed by atoms with van der Waals surface area (Å²) in [4.78, 5) is 19.9. The van der Waals surface area contributed by atoms with Crippen LogP contribution < -0.4 is 10.1 Å². The molecule has 8 heteroatoms. The highest BCUT2D eigenvalue weighted by molar-refractivity contribution is 5.90. The summed E-state index contributed by atoms with van der Waals surface area (Å²) in [6.45, 7) is 0.828. The molecule has 1 aromatic rings. The van der Waals surface area contributed by atoms with E-state index in [1.165, 1.54) is 12.4 Å². The standard InChI is InChI=1S/C15H19N5O3/c1-3-4-6-15(19-20-15)7-5-13(21)18-12-10-16-14(17-11-12)23-9-8-22-2/h1,10-11H,4-9H2,2H3,(H,18,21). The average Bonchev–Trinajstić information content (AvgIpc) is 3.33. The first-order valence-corrected chi connectivity index (χ1v) is 7.28. The zero-order valence-electron chi connectivity index (χ0n) is 13.0. The number of terminal acetylenes is 1. The van der Waals surface area contributed by atoms with Crippen LogP contribution in [0.15, 0.2) is 22.6 Å². The largest absolute Gasteiger partial charge is 0.461 e. The summed E-state index contributed by atoms with van der Waals surface area (Å²) < 4.78 is 10.1. The Labute approximate surface area is 134 Å². The van der Waals surface area contributed by atoms with Gasteiger partial charge in [-0.25, -0.2) is 9.97 Å². The smallest absolute Gasteiger partial charge is 0.316 e. The molecule has 1 aliphatic rings. The molecule has 0 radical (unpaired) electrons. The quantitative estimate of drug-likeness (QED) is 0.524. The molecule has 0 bridgehead atoms. The topological polar surface area (TPSA) is 98.1 Å². The molecule has 2 rings (SSSR count). The lowest BCUT2D eigenvalue weighted by molar-refractivity contribution is -0.116. The highest BCUT2D eigenvalue weighted by Gasteiger charge is 2.39. The van der Waals surface area contributed by atoms with Gasteiger partial charge in [-0.2, -0.15) is 10.2 Å². The van der Waals surface area contributed by atoms with E-state index in [0.717, 1.165) is 0 Å². The van der Waals surface area contributed by atoms with Crippen molar-refractivity contribution in [2.24, 2.45) is 10.2 Å². The van der Waals surface area contributed by atoms with Crippen molar-refractivity contribution in [2.45, 2.75) is 31.3 Å². The fraction of sp³-hybridized carbons (Fsp3) is 0.533. The summed E-state index contributed by atoms with van der Waals surface area (Å²) in [5, 5.41) is 10.7. The molecule has 23 heavy (non-hydrogen) atoms. The summed E-state index contributed by atoms with van der Waals surface area (Å²) >= 11 is 0. The third-order valence-corrected chi connectivity index (χ3v) is 3.24. The molecule has 2 heterocycles. The van der Waals surface area contributed by atoms with Gasteiger partial charge in [0.25, 0.3) is 0 Å². The van der Waals surface area contributed by atoms with Crippen LogP contribution >= 0.6 is 0 Å². The van der Waals surface area contributed by atoms with Crippen molar-refractivity contribution in [1.82, 2.24) is 9.97 Å². The van der Waals surface area contributed by atoms with E-state index < -0.39 is 5.66 Å². The normalized spacial score (nSPS) is 14.1. The van der Waals surface area contributed by atoms with E-state index in [0.29, 0.717) is 44.6 Å². The van der Waals surface area contributed by atoms with Crippen molar-refractivity contribution < 1.29 is 14.3 Å². The van der Waals surface area contributed by atoms with Crippen molar-refractivity contribution in [3.8, 4) is 18.4 Å². The first kappa shape index (κ1) is 16.8. The molecule has 122 valence electrons. The van der Waals surface area contributed by atoms with Crippen LogP contribution in [0.1, 0.15) is 25.7 Å². The maximum Gasteiger partial charge on any atom is 0.316 e. The number of anilines is 1. The molecule has 0 saturated heterocycles. The van der Waals surface area contributed by atoms with E-state index in [1.807, 2.05) is 0 Å². The van der Waals surface area contributed by atoms with Crippen LogP contribution in [0.2, 0.25) is 0 Å². The minimum absolute atomic E-state index is 0.140. The molecule has 0 aromatic carbocycles. The summed E-state index contributed by atoms with van der Waals surface area (Å²) in [6, 6.07) is 0.240. The zero-order chi connectivity index (χ0) is 16.5. The van der Waals surface area contributed by atoms with E-state index in [-0.39, 0.29) is 11.9 Å². The Hall–Kier alpha value is -2.53. The lowest BCUT2D eigenvalue weighted by atomic mass is 10.0. The van der Waals surface area contributed by atoms with Crippen LogP contribution in [0.3, 0.4) is 0 Å². The SMILES string of the molecule is C#CCCC1(CCC(=O)Nc2cnc(OCCOC)nc2)N=N1. The van der Waals surface area contributed by atoms with Crippen molar-refractivity contribution in [3.63, 3.8) is 0 Å². The molecular weight excluding hydrogens is 298 g/mol. The Morgan fingerprint density at radius 1 is 1.30 bits per heavy atom. The third kappa shape index (κ3) is 5.64. The van der Waals surface area contributed by atoms with Crippen molar-refractivity contribution in [1.29, 1.82) is 0 Å². The Morgan fingerprint density at radius 2 is 2.04 bits per heavy atom. The van der Waals surface area contributed by atoms with Gasteiger partial charge in [0.15, 0.2) is 5.66 Å². The first-order chi connectivity index (χ1) is 11.2. The molecule has 0 saturated carbocycles. The van der Waals surface area contributed by atoms with E-state index in [1.54, 1.807) is 7.11 Å². The number of carbonyl (C=O) groups excluding carboxylic acids is 1. The van der Waals surface area contributed by atoms with Gasteiger partial charge in [-0.05, 0) is 0 Å². The predicted octanol–water partition coefficient (Wildman–Crippen LogP) is 1.80. The third-order valence-electron chi connectivity index (χ3n) is 3.24. The Bertz CT molecular complexity index is 588.